The van der Waals surface area contributed by atoms with Gasteiger partial charge in [-0.15, -0.1) is 0 Å². The van der Waals surface area contributed by atoms with E-state index in [1.807, 2.05) is 0 Å². The molecule has 1 amide bonds. The number of rotatable bonds is 1. The number of carbonyl (C=O) groups excluding carboxylic acids is 1. The van der Waals surface area contributed by atoms with Crippen LogP contribution >= 0.6 is 0 Å². The quantitative estimate of drug-likeness (QED) is 0.713. The highest BCUT2D eigenvalue weighted by Gasteiger charge is 2.27. The second-order valence-corrected chi connectivity index (χ2v) is 3.48. The number of hydrogen-bond acceptors (Lipinski definition) is 4. The fourth-order valence-electron chi connectivity index (χ4n) is 1.78. The van der Waals surface area contributed by atoms with Gasteiger partial charge in [0.25, 0.3) is 0 Å². The largest absolute Gasteiger partial charge is 0.476 e. The second kappa shape index (κ2) is 3.84. The minimum Gasteiger partial charge on any atom is -0.476 e. The highest BCUT2D eigenvalue weighted by Crippen LogP contribution is 2.20. The third-order valence-electron chi connectivity index (χ3n) is 2.57. The summed E-state index contributed by atoms with van der Waals surface area (Å²) in [5.74, 6) is -1.05. The second-order valence-electron chi connectivity index (χ2n) is 3.48. The molecule has 0 aromatic carbocycles. The summed E-state index contributed by atoms with van der Waals surface area (Å²) >= 11 is 0. The summed E-state index contributed by atoms with van der Waals surface area (Å²) in [5.41, 5.74) is 1.38. The van der Waals surface area contributed by atoms with Gasteiger partial charge in [0.05, 0.1) is 19.3 Å². The Balaban J connectivity index is 2.23. The number of ether oxygens (including phenoxy) is 1. The zero-order valence-electron chi connectivity index (χ0n) is 8.69. The number of amides is 1. The van der Waals surface area contributed by atoms with Gasteiger partial charge in [-0.05, 0) is 6.42 Å². The molecule has 0 bridgehead atoms. The number of carboxylic acids is 1. The molecule has 1 aliphatic heterocycles. The SMILES string of the molecule is COC(=O)N1CCc2c(C(=O)O)n[nH]c2C1. The van der Waals surface area contributed by atoms with Gasteiger partial charge in [-0.2, -0.15) is 5.10 Å². The predicted octanol–water partition coefficient (Wildman–Crippen LogP) is 0.232. The third-order valence-corrected chi connectivity index (χ3v) is 2.57. The zero-order chi connectivity index (χ0) is 11.7. The maximum Gasteiger partial charge on any atom is 0.409 e. The topological polar surface area (TPSA) is 95.5 Å². The molecule has 2 N–H and O–H groups in total. The summed E-state index contributed by atoms with van der Waals surface area (Å²) < 4.78 is 4.60. The third kappa shape index (κ3) is 1.60. The van der Waals surface area contributed by atoms with Gasteiger partial charge in [-0.1, -0.05) is 0 Å². The number of aromatic nitrogens is 2. The van der Waals surface area contributed by atoms with Crippen LogP contribution in [0.25, 0.3) is 0 Å². The van der Waals surface area contributed by atoms with Crippen LogP contribution in [0.3, 0.4) is 0 Å². The van der Waals surface area contributed by atoms with Gasteiger partial charge in [0.2, 0.25) is 0 Å². The summed E-state index contributed by atoms with van der Waals surface area (Å²) in [6, 6.07) is 0. The highest BCUT2D eigenvalue weighted by molar-refractivity contribution is 5.87. The number of methoxy groups -OCH3 is 1. The first-order valence-corrected chi connectivity index (χ1v) is 4.75. The number of carboxylic acid groups (broad SMARTS) is 1. The van der Waals surface area contributed by atoms with Crippen molar-refractivity contribution in [1.82, 2.24) is 15.1 Å². The van der Waals surface area contributed by atoms with E-state index in [2.05, 4.69) is 14.9 Å². The first-order valence-electron chi connectivity index (χ1n) is 4.75. The molecule has 7 nitrogen and oxygen atoms in total. The van der Waals surface area contributed by atoms with Crippen molar-refractivity contribution in [3.63, 3.8) is 0 Å². The van der Waals surface area contributed by atoms with Crippen LogP contribution in [0, 0.1) is 0 Å². The lowest BCUT2D eigenvalue weighted by atomic mass is 10.1. The monoisotopic (exact) mass is 225 g/mol. The molecule has 0 atom stereocenters. The van der Waals surface area contributed by atoms with Crippen molar-refractivity contribution in [2.24, 2.45) is 0 Å². The number of H-pyrrole nitrogens is 1. The molecule has 0 fully saturated rings. The van der Waals surface area contributed by atoms with E-state index in [1.54, 1.807) is 0 Å². The molecule has 0 spiro atoms. The van der Waals surface area contributed by atoms with E-state index in [1.165, 1.54) is 12.0 Å². The lowest BCUT2D eigenvalue weighted by Crippen LogP contribution is -2.36. The molecular weight excluding hydrogens is 214 g/mol. The Morgan fingerprint density at radius 1 is 1.56 bits per heavy atom. The maximum absolute atomic E-state index is 11.3. The van der Waals surface area contributed by atoms with Crippen molar-refractivity contribution in [3.05, 3.63) is 17.0 Å². The van der Waals surface area contributed by atoms with Crippen molar-refractivity contribution < 1.29 is 19.4 Å². The van der Waals surface area contributed by atoms with Gasteiger partial charge in [-0.25, -0.2) is 9.59 Å². The van der Waals surface area contributed by atoms with Crippen molar-refractivity contribution in [2.75, 3.05) is 13.7 Å². The molecule has 0 saturated carbocycles. The maximum atomic E-state index is 11.3. The number of carbonyl (C=O) groups is 2. The molecular formula is C9H11N3O4. The number of hydrogen-bond donors (Lipinski definition) is 2. The number of nitrogens with zero attached hydrogens (tertiary/aromatic N) is 2. The number of aromatic carboxylic acids is 1. The smallest absolute Gasteiger partial charge is 0.409 e. The normalized spacial score (nSPS) is 14.4. The van der Waals surface area contributed by atoms with E-state index in [0.717, 1.165) is 0 Å². The van der Waals surface area contributed by atoms with Crippen LogP contribution in [0.4, 0.5) is 4.79 Å². The van der Waals surface area contributed by atoms with E-state index < -0.39 is 12.1 Å². The first-order chi connectivity index (χ1) is 7.63. The fourth-order valence-corrected chi connectivity index (χ4v) is 1.78. The van der Waals surface area contributed by atoms with Gasteiger partial charge in [-0.3, -0.25) is 5.10 Å². The van der Waals surface area contributed by atoms with E-state index in [4.69, 9.17) is 5.11 Å². The molecule has 1 aliphatic rings. The van der Waals surface area contributed by atoms with Crippen LogP contribution in [0.1, 0.15) is 21.7 Å². The Bertz CT molecular complexity index is 440. The van der Waals surface area contributed by atoms with Crippen molar-refractivity contribution in [1.29, 1.82) is 0 Å². The molecule has 0 aliphatic carbocycles. The van der Waals surface area contributed by atoms with Gasteiger partial charge < -0.3 is 14.7 Å². The average Bonchev–Trinajstić information content (AvgIpc) is 2.70. The van der Waals surface area contributed by atoms with E-state index in [0.29, 0.717) is 30.8 Å². The zero-order valence-corrected chi connectivity index (χ0v) is 8.69. The number of aromatic amines is 1. The minimum absolute atomic E-state index is 0.0412. The van der Waals surface area contributed by atoms with Gasteiger partial charge in [0.15, 0.2) is 5.69 Å². The standard InChI is InChI=1S/C9H11N3O4/c1-16-9(15)12-3-2-5-6(4-12)10-11-7(5)8(13)14/h2-4H2,1H3,(H,10,11)(H,13,14). The van der Waals surface area contributed by atoms with E-state index in [9.17, 15) is 9.59 Å². The Morgan fingerprint density at radius 3 is 2.94 bits per heavy atom. The van der Waals surface area contributed by atoms with Crippen LogP contribution in [0.5, 0.6) is 0 Å². The molecule has 0 radical (unpaired) electrons. The lowest BCUT2D eigenvalue weighted by molar-refractivity contribution is 0.0689. The number of nitrogens with one attached hydrogen (secondary N) is 1. The fraction of sp³-hybridized carbons (Fsp3) is 0.444. The first kappa shape index (κ1) is 10.5. The Morgan fingerprint density at radius 2 is 2.31 bits per heavy atom. The molecule has 0 unspecified atom stereocenters. The molecule has 16 heavy (non-hydrogen) atoms. The van der Waals surface area contributed by atoms with Crippen LogP contribution < -0.4 is 0 Å². The molecule has 1 aromatic heterocycles. The van der Waals surface area contributed by atoms with E-state index in [-0.39, 0.29) is 5.69 Å². The van der Waals surface area contributed by atoms with Crippen LogP contribution in [-0.4, -0.2) is 45.9 Å². The molecule has 7 heteroatoms. The Labute approximate surface area is 91.0 Å². The highest BCUT2D eigenvalue weighted by atomic mass is 16.5. The van der Waals surface area contributed by atoms with Crippen LogP contribution in [-0.2, 0) is 17.7 Å². The van der Waals surface area contributed by atoms with Gasteiger partial charge in [0, 0.05) is 12.1 Å². The molecule has 1 aromatic rings. The summed E-state index contributed by atoms with van der Waals surface area (Å²) in [4.78, 5) is 23.6. The lowest BCUT2D eigenvalue weighted by Gasteiger charge is -2.25. The van der Waals surface area contributed by atoms with Crippen molar-refractivity contribution in [2.45, 2.75) is 13.0 Å². The molecule has 2 heterocycles. The molecule has 86 valence electrons. The summed E-state index contributed by atoms with van der Waals surface area (Å²) in [6.45, 7) is 0.752. The Kier molecular flexibility index (Phi) is 2.51. The van der Waals surface area contributed by atoms with Crippen LogP contribution in [0.15, 0.2) is 0 Å². The van der Waals surface area contributed by atoms with Gasteiger partial charge in [0.1, 0.15) is 0 Å². The van der Waals surface area contributed by atoms with Crippen molar-refractivity contribution in [3.8, 4) is 0 Å². The summed E-state index contributed by atoms with van der Waals surface area (Å²) in [6.07, 6.45) is 0.0554. The summed E-state index contributed by atoms with van der Waals surface area (Å²) in [5, 5.41) is 15.2. The van der Waals surface area contributed by atoms with Crippen LogP contribution in [0.2, 0.25) is 0 Å². The molecule has 0 saturated heterocycles. The number of fused-ring (bicyclic) bond motifs is 1. The average molecular weight is 225 g/mol. The predicted molar refractivity (Wildman–Crippen MR) is 52.1 cm³/mol. The van der Waals surface area contributed by atoms with E-state index >= 15 is 0 Å². The van der Waals surface area contributed by atoms with Crippen molar-refractivity contribution >= 4 is 12.1 Å². The van der Waals surface area contributed by atoms with Gasteiger partial charge >= 0.3 is 12.1 Å². The Hall–Kier alpha value is -2.05. The summed E-state index contributed by atoms with van der Waals surface area (Å²) in [7, 11) is 1.31. The molecule has 2 rings (SSSR count). The minimum atomic E-state index is -1.05.